The molecule has 3 N–H and O–H groups in total. The van der Waals surface area contributed by atoms with Crippen molar-refractivity contribution in [1.29, 1.82) is 0 Å². The molecule has 98 valence electrons. The second kappa shape index (κ2) is 5.81. The molecular weight excluding hydrogens is 271 g/mol. The SMILES string of the molecule is Nc1cc(Cl)c(Cl)c(C(=O)NCC2CCCC2)c1. The number of nitrogens with two attached hydrogens (primary N) is 1. The van der Waals surface area contributed by atoms with Crippen LogP contribution >= 0.6 is 23.2 Å². The molecule has 0 aromatic heterocycles. The summed E-state index contributed by atoms with van der Waals surface area (Å²) in [5.41, 5.74) is 6.45. The number of anilines is 1. The van der Waals surface area contributed by atoms with Crippen LogP contribution in [0.1, 0.15) is 36.0 Å². The molecule has 0 bridgehead atoms. The second-order valence-corrected chi connectivity index (χ2v) is 5.51. The lowest BCUT2D eigenvalue weighted by atomic mass is 10.1. The molecule has 1 fully saturated rings. The van der Waals surface area contributed by atoms with Crippen LogP contribution in [-0.4, -0.2) is 12.5 Å². The lowest BCUT2D eigenvalue weighted by Gasteiger charge is -2.12. The second-order valence-electron chi connectivity index (χ2n) is 4.72. The Balaban J connectivity index is 2.04. The number of carbonyl (C=O) groups is 1. The van der Waals surface area contributed by atoms with Gasteiger partial charge in [-0.3, -0.25) is 4.79 Å². The first-order valence-corrected chi connectivity index (χ1v) is 6.86. The number of amides is 1. The van der Waals surface area contributed by atoms with E-state index in [2.05, 4.69) is 5.32 Å². The average molecular weight is 287 g/mol. The summed E-state index contributed by atoms with van der Waals surface area (Å²) >= 11 is 11.9. The highest BCUT2D eigenvalue weighted by Crippen LogP contribution is 2.29. The van der Waals surface area contributed by atoms with Gasteiger partial charge in [0.15, 0.2) is 0 Å². The van der Waals surface area contributed by atoms with E-state index in [1.165, 1.54) is 31.7 Å². The average Bonchev–Trinajstić information content (AvgIpc) is 2.83. The van der Waals surface area contributed by atoms with Gasteiger partial charge in [0.25, 0.3) is 5.91 Å². The molecule has 18 heavy (non-hydrogen) atoms. The Bertz CT molecular complexity index is 457. The summed E-state index contributed by atoms with van der Waals surface area (Å²) < 4.78 is 0. The molecule has 0 atom stereocenters. The van der Waals surface area contributed by atoms with E-state index in [0.717, 1.165) is 0 Å². The van der Waals surface area contributed by atoms with Crippen molar-refractivity contribution in [3.63, 3.8) is 0 Å². The minimum atomic E-state index is -0.207. The number of hydrogen-bond donors (Lipinski definition) is 2. The quantitative estimate of drug-likeness (QED) is 0.836. The van der Waals surface area contributed by atoms with E-state index >= 15 is 0 Å². The molecule has 0 spiro atoms. The van der Waals surface area contributed by atoms with Gasteiger partial charge in [-0.1, -0.05) is 36.0 Å². The number of rotatable bonds is 3. The van der Waals surface area contributed by atoms with E-state index in [1.54, 1.807) is 6.07 Å². The van der Waals surface area contributed by atoms with Gasteiger partial charge in [-0.25, -0.2) is 0 Å². The van der Waals surface area contributed by atoms with Crippen LogP contribution in [-0.2, 0) is 0 Å². The summed E-state index contributed by atoms with van der Waals surface area (Å²) in [5, 5.41) is 3.47. The maximum absolute atomic E-state index is 12.0. The fourth-order valence-corrected chi connectivity index (χ4v) is 2.74. The molecule has 1 aliphatic carbocycles. The van der Waals surface area contributed by atoms with E-state index in [9.17, 15) is 4.79 Å². The van der Waals surface area contributed by atoms with Gasteiger partial charge in [-0.15, -0.1) is 0 Å². The van der Waals surface area contributed by atoms with Crippen LogP contribution in [0.15, 0.2) is 12.1 Å². The third-order valence-corrected chi connectivity index (χ3v) is 4.12. The van der Waals surface area contributed by atoms with Crippen LogP contribution in [0, 0.1) is 5.92 Å². The topological polar surface area (TPSA) is 55.1 Å². The predicted molar refractivity (Wildman–Crippen MR) is 75.2 cm³/mol. The molecule has 0 radical (unpaired) electrons. The highest BCUT2D eigenvalue weighted by atomic mass is 35.5. The monoisotopic (exact) mass is 286 g/mol. The van der Waals surface area contributed by atoms with Crippen molar-refractivity contribution in [2.45, 2.75) is 25.7 Å². The fraction of sp³-hybridized carbons (Fsp3) is 0.462. The van der Waals surface area contributed by atoms with E-state index < -0.39 is 0 Å². The Kier molecular flexibility index (Phi) is 4.36. The van der Waals surface area contributed by atoms with E-state index in [4.69, 9.17) is 28.9 Å². The van der Waals surface area contributed by atoms with Crippen molar-refractivity contribution in [2.75, 3.05) is 12.3 Å². The molecule has 0 unspecified atom stereocenters. The first-order chi connectivity index (χ1) is 8.58. The van der Waals surface area contributed by atoms with E-state index in [1.807, 2.05) is 0 Å². The van der Waals surface area contributed by atoms with Crippen LogP contribution in [0.5, 0.6) is 0 Å². The van der Waals surface area contributed by atoms with Crippen LogP contribution in [0.25, 0.3) is 0 Å². The Labute approximate surface area is 117 Å². The van der Waals surface area contributed by atoms with Crippen molar-refractivity contribution in [2.24, 2.45) is 5.92 Å². The smallest absolute Gasteiger partial charge is 0.252 e. The predicted octanol–water partition coefficient (Wildman–Crippen LogP) is 3.50. The van der Waals surface area contributed by atoms with Gasteiger partial charge in [0, 0.05) is 12.2 Å². The van der Waals surface area contributed by atoms with Gasteiger partial charge < -0.3 is 11.1 Å². The van der Waals surface area contributed by atoms with Gasteiger partial charge >= 0.3 is 0 Å². The summed E-state index contributed by atoms with van der Waals surface area (Å²) in [7, 11) is 0. The van der Waals surface area contributed by atoms with Crippen molar-refractivity contribution < 1.29 is 4.79 Å². The minimum Gasteiger partial charge on any atom is -0.399 e. The maximum Gasteiger partial charge on any atom is 0.252 e. The molecule has 1 amide bonds. The van der Waals surface area contributed by atoms with Crippen molar-refractivity contribution in [1.82, 2.24) is 5.32 Å². The fourth-order valence-electron chi connectivity index (χ4n) is 2.32. The van der Waals surface area contributed by atoms with Crippen LogP contribution < -0.4 is 11.1 Å². The third kappa shape index (κ3) is 3.09. The molecule has 1 aromatic carbocycles. The van der Waals surface area contributed by atoms with Crippen LogP contribution in [0.2, 0.25) is 10.0 Å². The standard InChI is InChI=1S/C13H16Cl2N2O/c14-11-6-9(16)5-10(12(11)15)13(18)17-7-8-3-1-2-4-8/h5-6,8H,1-4,7,16H2,(H,17,18). The van der Waals surface area contributed by atoms with Gasteiger partial charge in [0.2, 0.25) is 0 Å². The molecule has 1 saturated carbocycles. The lowest BCUT2D eigenvalue weighted by Crippen LogP contribution is -2.28. The molecule has 1 aliphatic rings. The number of benzene rings is 1. The zero-order valence-corrected chi connectivity index (χ0v) is 11.5. The Morgan fingerprint density at radius 2 is 2.00 bits per heavy atom. The summed E-state index contributed by atoms with van der Waals surface area (Å²) in [6.07, 6.45) is 4.88. The highest BCUT2D eigenvalue weighted by Gasteiger charge is 2.18. The maximum atomic E-state index is 12.0. The Morgan fingerprint density at radius 1 is 1.33 bits per heavy atom. The highest BCUT2D eigenvalue weighted by molar-refractivity contribution is 6.44. The first-order valence-electron chi connectivity index (χ1n) is 6.10. The van der Waals surface area contributed by atoms with Crippen LogP contribution in [0.3, 0.4) is 0 Å². The number of hydrogen-bond acceptors (Lipinski definition) is 2. The summed E-state index contributed by atoms with van der Waals surface area (Å²) in [4.78, 5) is 12.0. The van der Waals surface area contributed by atoms with E-state index in [0.29, 0.717) is 28.7 Å². The molecule has 0 aliphatic heterocycles. The molecule has 1 aromatic rings. The minimum absolute atomic E-state index is 0.207. The number of nitrogens with one attached hydrogen (secondary N) is 1. The lowest BCUT2D eigenvalue weighted by molar-refractivity contribution is 0.0947. The van der Waals surface area contributed by atoms with Crippen molar-refractivity contribution in [3.05, 3.63) is 27.7 Å². The number of nitrogen functional groups attached to an aromatic ring is 1. The van der Waals surface area contributed by atoms with Crippen molar-refractivity contribution in [3.8, 4) is 0 Å². The Hall–Kier alpha value is -0.930. The van der Waals surface area contributed by atoms with Gasteiger partial charge in [0.05, 0.1) is 15.6 Å². The number of halogens is 2. The molecule has 5 heteroatoms. The summed E-state index contributed by atoms with van der Waals surface area (Å²) in [6, 6.07) is 3.09. The number of carbonyl (C=O) groups excluding carboxylic acids is 1. The Morgan fingerprint density at radius 3 is 2.67 bits per heavy atom. The zero-order chi connectivity index (χ0) is 13.1. The molecular formula is C13H16Cl2N2O. The zero-order valence-electron chi connectivity index (χ0n) is 10.0. The molecule has 2 rings (SSSR count). The van der Waals surface area contributed by atoms with Gasteiger partial charge in [-0.2, -0.15) is 0 Å². The summed E-state index contributed by atoms with van der Waals surface area (Å²) in [5.74, 6) is 0.380. The van der Waals surface area contributed by atoms with Crippen LogP contribution in [0.4, 0.5) is 5.69 Å². The summed E-state index contributed by atoms with van der Waals surface area (Å²) in [6.45, 7) is 0.696. The largest absolute Gasteiger partial charge is 0.399 e. The van der Waals surface area contributed by atoms with Gasteiger partial charge in [-0.05, 0) is 30.9 Å². The molecule has 3 nitrogen and oxygen atoms in total. The van der Waals surface area contributed by atoms with E-state index in [-0.39, 0.29) is 10.9 Å². The van der Waals surface area contributed by atoms with Gasteiger partial charge in [0.1, 0.15) is 0 Å². The van der Waals surface area contributed by atoms with Crippen molar-refractivity contribution >= 4 is 34.8 Å². The molecule has 0 heterocycles. The third-order valence-electron chi connectivity index (χ3n) is 3.32. The normalized spacial score (nSPS) is 15.9. The molecule has 0 saturated heterocycles. The first kappa shape index (κ1) is 13.5.